The highest BCUT2D eigenvalue weighted by Crippen LogP contribution is 2.52. The third-order valence-electron chi connectivity index (χ3n) is 7.77. The van der Waals surface area contributed by atoms with Crippen LogP contribution in [0, 0.1) is 0 Å². The first-order valence-corrected chi connectivity index (χ1v) is 11.9. The molecule has 0 saturated heterocycles. The van der Waals surface area contributed by atoms with Crippen molar-refractivity contribution in [1.82, 2.24) is 9.55 Å². The van der Waals surface area contributed by atoms with E-state index in [1.165, 1.54) is 27.8 Å². The maximum absolute atomic E-state index is 5.22. The zero-order valence-electron chi connectivity index (χ0n) is 20.2. The molecular weight excluding hydrogens is 414 g/mol. The van der Waals surface area contributed by atoms with Crippen LogP contribution >= 0.6 is 0 Å². The molecule has 2 heterocycles. The smallest absolute Gasteiger partial charge is 0.212 e. The molecular formula is C31H29N3. The molecule has 0 bridgehead atoms. The Kier molecular flexibility index (Phi) is 4.47. The summed E-state index contributed by atoms with van der Waals surface area (Å²) >= 11 is 0. The molecule has 0 spiro atoms. The van der Waals surface area contributed by atoms with Crippen molar-refractivity contribution in [1.29, 1.82) is 0 Å². The lowest BCUT2D eigenvalue weighted by molar-refractivity contribution is 0.253. The fourth-order valence-corrected chi connectivity index (χ4v) is 5.27. The van der Waals surface area contributed by atoms with Gasteiger partial charge < -0.3 is 9.47 Å². The first-order valence-electron chi connectivity index (χ1n) is 11.9. The molecule has 0 fully saturated rings. The number of rotatable bonds is 3. The van der Waals surface area contributed by atoms with Gasteiger partial charge in [-0.25, -0.2) is 4.98 Å². The minimum atomic E-state index is -0.170. The maximum atomic E-state index is 5.22. The summed E-state index contributed by atoms with van der Waals surface area (Å²) in [5.41, 5.74) is 7.89. The van der Waals surface area contributed by atoms with E-state index in [1.807, 2.05) is 0 Å². The molecule has 0 saturated carbocycles. The van der Waals surface area contributed by atoms with Crippen molar-refractivity contribution < 1.29 is 0 Å². The molecule has 6 rings (SSSR count). The van der Waals surface area contributed by atoms with Gasteiger partial charge in [0.2, 0.25) is 5.95 Å². The van der Waals surface area contributed by atoms with Gasteiger partial charge in [-0.15, -0.1) is 0 Å². The molecule has 0 amide bonds. The molecule has 3 heteroatoms. The van der Waals surface area contributed by atoms with Crippen molar-refractivity contribution in [3.8, 4) is 22.3 Å². The number of fused-ring (bicyclic) bond motifs is 3. The molecule has 0 atom stereocenters. The van der Waals surface area contributed by atoms with Crippen molar-refractivity contribution in [3.63, 3.8) is 0 Å². The van der Waals surface area contributed by atoms with Crippen molar-refractivity contribution >= 4 is 22.7 Å². The van der Waals surface area contributed by atoms with Gasteiger partial charge >= 0.3 is 0 Å². The normalized spacial score (nSPS) is 16.1. The standard InChI is InChI=1S/C31H29N3/c1-30(2)31(3,4)34-28-19-18-25(23-14-9-6-10-15-23)21-27(28)32-29(34)33(30)26-17-11-16-24(20-26)22-12-7-5-8-13-22/h5-21H,1-4H3. The van der Waals surface area contributed by atoms with Crippen LogP contribution in [0.2, 0.25) is 0 Å². The number of imidazole rings is 1. The van der Waals surface area contributed by atoms with E-state index in [0.717, 1.165) is 17.2 Å². The SMILES string of the molecule is CC1(C)N(c2cccc(-c3ccccc3)c2)c2nc3cc(-c4ccccc4)ccc3n2C1(C)C. The Morgan fingerprint density at radius 1 is 0.559 bits per heavy atom. The second-order valence-electron chi connectivity index (χ2n) is 10.2. The molecule has 5 aromatic rings. The van der Waals surface area contributed by atoms with Crippen LogP contribution in [0.4, 0.5) is 11.6 Å². The van der Waals surface area contributed by atoms with Gasteiger partial charge in [-0.3, -0.25) is 0 Å². The second kappa shape index (κ2) is 7.33. The summed E-state index contributed by atoms with van der Waals surface area (Å²) in [5.74, 6) is 1.00. The summed E-state index contributed by atoms with van der Waals surface area (Å²) in [4.78, 5) is 7.64. The molecule has 34 heavy (non-hydrogen) atoms. The van der Waals surface area contributed by atoms with Crippen LogP contribution in [0.1, 0.15) is 27.7 Å². The van der Waals surface area contributed by atoms with Gasteiger partial charge in [-0.2, -0.15) is 0 Å². The number of aromatic nitrogens is 2. The maximum Gasteiger partial charge on any atom is 0.212 e. The highest BCUT2D eigenvalue weighted by atomic mass is 15.4. The summed E-state index contributed by atoms with van der Waals surface area (Å²) in [5, 5.41) is 0. The first-order chi connectivity index (χ1) is 16.4. The second-order valence-corrected chi connectivity index (χ2v) is 10.2. The Balaban J connectivity index is 1.53. The largest absolute Gasteiger partial charge is 0.304 e. The van der Waals surface area contributed by atoms with E-state index in [1.54, 1.807) is 0 Å². The number of anilines is 2. The number of hydrogen-bond acceptors (Lipinski definition) is 2. The van der Waals surface area contributed by atoms with E-state index in [0.29, 0.717) is 0 Å². The summed E-state index contributed by atoms with van der Waals surface area (Å²) in [6, 6.07) is 36.6. The molecule has 3 nitrogen and oxygen atoms in total. The molecule has 0 radical (unpaired) electrons. The molecule has 1 aliphatic heterocycles. The van der Waals surface area contributed by atoms with Crippen LogP contribution in [-0.4, -0.2) is 15.1 Å². The molecule has 1 aromatic heterocycles. The topological polar surface area (TPSA) is 21.1 Å². The lowest BCUT2D eigenvalue weighted by atomic mass is 9.82. The minimum absolute atomic E-state index is 0.159. The number of nitrogens with zero attached hydrogens (tertiary/aromatic N) is 3. The number of benzene rings is 4. The lowest BCUT2D eigenvalue weighted by Crippen LogP contribution is -2.50. The fourth-order valence-electron chi connectivity index (χ4n) is 5.27. The van der Waals surface area contributed by atoms with Gasteiger partial charge in [0.15, 0.2) is 0 Å². The summed E-state index contributed by atoms with van der Waals surface area (Å²) in [6.45, 7) is 9.29. The van der Waals surface area contributed by atoms with E-state index >= 15 is 0 Å². The molecule has 1 aliphatic rings. The van der Waals surface area contributed by atoms with E-state index < -0.39 is 0 Å². The zero-order valence-corrected chi connectivity index (χ0v) is 20.2. The van der Waals surface area contributed by atoms with E-state index in [-0.39, 0.29) is 11.1 Å². The summed E-state index contributed by atoms with van der Waals surface area (Å²) in [7, 11) is 0. The van der Waals surface area contributed by atoms with Crippen molar-refractivity contribution in [3.05, 3.63) is 103 Å². The third kappa shape index (κ3) is 2.93. The molecule has 0 N–H and O–H groups in total. The van der Waals surface area contributed by atoms with Crippen LogP contribution in [0.5, 0.6) is 0 Å². The summed E-state index contributed by atoms with van der Waals surface area (Å²) < 4.78 is 2.42. The van der Waals surface area contributed by atoms with E-state index in [2.05, 4.69) is 140 Å². The first kappa shape index (κ1) is 20.7. The Bertz CT molecular complexity index is 1490. The van der Waals surface area contributed by atoms with Gasteiger partial charge in [0.05, 0.1) is 22.1 Å². The fraction of sp³-hybridized carbons (Fsp3) is 0.194. The number of hydrogen-bond donors (Lipinski definition) is 0. The average molecular weight is 444 g/mol. The highest BCUT2D eigenvalue weighted by Gasteiger charge is 2.53. The van der Waals surface area contributed by atoms with Crippen LogP contribution in [0.15, 0.2) is 103 Å². The molecule has 0 aliphatic carbocycles. The van der Waals surface area contributed by atoms with Crippen LogP contribution < -0.4 is 4.90 Å². The lowest BCUT2D eigenvalue weighted by Gasteiger charge is -2.41. The van der Waals surface area contributed by atoms with E-state index in [9.17, 15) is 0 Å². The van der Waals surface area contributed by atoms with Crippen molar-refractivity contribution in [2.24, 2.45) is 0 Å². The van der Waals surface area contributed by atoms with Crippen LogP contribution in [-0.2, 0) is 5.54 Å². The van der Waals surface area contributed by atoms with Gasteiger partial charge in [0.25, 0.3) is 0 Å². The van der Waals surface area contributed by atoms with Gasteiger partial charge in [-0.05, 0) is 74.2 Å². The average Bonchev–Trinajstić information content (AvgIpc) is 3.30. The zero-order chi connectivity index (χ0) is 23.5. The molecule has 4 aromatic carbocycles. The van der Waals surface area contributed by atoms with Crippen LogP contribution in [0.25, 0.3) is 33.3 Å². The third-order valence-corrected chi connectivity index (χ3v) is 7.77. The Morgan fingerprint density at radius 3 is 1.79 bits per heavy atom. The minimum Gasteiger partial charge on any atom is -0.304 e. The predicted molar refractivity (Wildman–Crippen MR) is 143 cm³/mol. The van der Waals surface area contributed by atoms with Gasteiger partial charge in [0, 0.05) is 5.69 Å². The molecule has 0 unspecified atom stereocenters. The Labute approximate surface area is 201 Å². The monoisotopic (exact) mass is 443 g/mol. The van der Waals surface area contributed by atoms with Crippen LogP contribution in [0.3, 0.4) is 0 Å². The van der Waals surface area contributed by atoms with Crippen molar-refractivity contribution in [2.45, 2.75) is 38.8 Å². The summed E-state index contributed by atoms with van der Waals surface area (Å²) in [6.07, 6.45) is 0. The van der Waals surface area contributed by atoms with Crippen molar-refractivity contribution in [2.75, 3.05) is 4.90 Å². The quantitative estimate of drug-likeness (QED) is 0.281. The Morgan fingerprint density at radius 2 is 1.15 bits per heavy atom. The Hall–Kier alpha value is -3.85. The van der Waals surface area contributed by atoms with E-state index in [4.69, 9.17) is 4.98 Å². The van der Waals surface area contributed by atoms with Gasteiger partial charge in [-0.1, -0.05) is 78.9 Å². The predicted octanol–water partition coefficient (Wildman–Crippen LogP) is 8.04. The van der Waals surface area contributed by atoms with Gasteiger partial charge in [0.1, 0.15) is 0 Å². The molecule has 168 valence electrons. The highest BCUT2D eigenvalue weighted by molar-refractivity contribution is 5.87.